The topological polar surface area (TPSA) is 66.5 Å². The van der Waals surface area contributed by atoms with Crippen molar-refractivity contribution < 1.29 is 0 Å². The van der Waals surface area contributed by atoms with Gasteiger partial charge in [-0.3, -0.25) is 10.1 Å². The van der Waals surface area contributed by atoms with Crippen molar-refractivity contribution in [2.24, 2.45) is 0 Å². The average molecular weight is 269 g/mol. The van der Waals surface area contributed by atoms with E-state index in [-0.39, 0.29) is 0 Å². The molecule has 0 spiro atoms. The van der Waals surface area contributed by atoms with Gasteiger partial charge >= 0.3 is 0 Å². The summed E-state index contributed by atoms with van der Waals surface area (Å²) in [5.74, 6) is 0.518. The smallest absolute Gasteiger partial charge is 0.185 e. The Morgan fingerprint density at radius 2 is 1.80 bits per heavy atom. The minimum atomic E-state index is 0.518. The Bertz CT molecular complexity index is 644. The highest BCUT2D eigenvalue weighted by Gasteiger charge is 2.15. The number of rotatable bonds is 4. The molecule has 2 heterocycles. The SMILES string of the molecule is CCc1nnc(Nn2c(C)ccc2C)c(C#N)c1CC. The van der Waals surface area contributed by atoms with Crippen molar-refractivity contribution in [3.8, 4) is 6.07 Å². The van der Waals surface area contributed by atoms with Gasteiger partial charge in [0.05, 0.1) is 5.69 Å². The van der Waals surface area contributed by atoms with Gasteiger partial charge in [0.15, 0.2) is 5.82 Å². The van der Waals surface area contributed by atoms with E-state index in [9.17, 15) is 5.26 Å². The molecule has 0 amide bonds. The molecule has 5 nitrogen and oxygen atoms in total. The van der Waals surface area contributed by atoms with E-state index < -0.39 is 0 Å². The molecular formula is C15H19N5. The van der Waals surface area contributed by atoms with Crippen LogP contribution in [0.1, 0.15) is 42.1 Å². The van der Waals surface area contributed by atoms with E-state index in [0.717, 1.165) is 35.5 Å². The summed E-state index contributed by atoms with van der Waals surface area (Å²) in [6, 6.07) is 6.30. The molecule has 0 aliphatic heterocycles. The maximum absolute atomic E-state index is 9.45. The van der Waals surface area contributed by atoms with Crippen molar-refractivity contribution in [2.45, 2.75) is 40.5 Å². The molecule has 0 aromatic carbocycles. The number of nitrogens with one attached hydrogen (secondary N) is 1. The zero-order chi connectivity index (χ0) is 14.7. The molecule has 2 aromatic rings. The minimum Gasteiger partial charge on any atom is -0.275 e. The lowest BCUT2D eigenvalue weighted by Crippen LogP contribution is -2.17. The second-order valence-corrected chi connectivity index (χ2v) is 4.73. The Morgan fingerprint density at radius 1 is 1.15 bits per heavy atom. The van der Waals surface area contributed by atoms with Gasteiger partial charge in [-0.1, -0.05) is 13.8 Å². The van der Waals surface area contributed by atoms with Crippen LogP contribution in [-0.4, -0.2) is 14.9 Å². The first-order valence-corrected chi connectivity index (χ1v) is 6.82. The van der Waals surface area contributed by atoms with Crippen molar-refractivity contribution >= 4 is 5.82 Å². The van der Waals surface area contributed by atoms with E-state index in [0.29, 0.717) is 11.4 Å². The van der Waals surface area contributed by atoms with Crippen LogP contribution in [0.2, 0.25) is 0 Å². The van der Waals surface area contributed by atoms with Crippen LogP contribution >= 0.6 is 0 Å². The second-order valence-electron chi connectivity index (χ2n) is 4.73. The van der Waals surface area contributed by atoms with Crippen LogP contribution in [0.5, 0.6) is 0 Å². The van der Waals surface area contributed by atoms with Crippen LogP contribution in [0.25, 0.3) is 0 Å². The van der Waals surface area contributed by atoms with Gasteiger partial charge < -0.3 is 0 Å². The van der Waals surface area contributed by atoms with Gasteiger partial charge in [0.2, 0.25) is 0 Å². The van der Waals surface area contributed by atoms with E-state index >= 15 is 0 Å². The first kappa shape index (κ1) is 14.1. The molecule has 0 unspecified atom stereocenters. The zero-order valence-electron chi connectivity index (χ0n) is 12.4. The highest BCUT2D eigenvalue weighted by Crippen LogP contribution is 2.21. The highest BCUT2D eigenvalue weighted by molar-refractivity contribution is 5.56. The van der Waals surface area contributed by atoms with Gasteiger partial charge in [-0.05, 0) is 44.4 Å². The largest absolute Gasteiger partial charge is 0.275 e. The van der Waals surface area contributed by atoms with E-state index in [1.165, 1.54) is 0 Å². The Balaban J connectivity index is 2.51. The molecule has 20 heavy (non-hydrogen) atoms. The van der Waals surface area contributed by atoms with Crippen molar-refractivity contribution in [2.75, 3.05) is 5.43 Å². The summed E-state index contributed by atoms with van der Waals surface area (Å²) in [5.41, 5.74) is 7.78. The summed E-state index contributed by atoms with van der Waals surface area (Å²) < 4.78 is 1.91. The molecule has 0 fully saturated rings. The third kappa shape index (κ3) is 2.37. The van der Waals surface area contributed by atoms with E-state index in [1.807, 2.05) is 44.5 Å². The lowest BCUT2D eigenvalue weighted by Gasteiger charge is -2.15. The quantitative estimate of drug-likeness (QED) is 0.926. The highest BCUT2D eigenvalue weighted by atomic mass is 15.4. The van der Waals surface area contributed by atoms with E-state index in [4.69, 9.17) is 0 Å². The number of anilines is 1. The number of nitriles is 1. The molecule has 0 bridgehead atoms. The Morgan fingerprint density at radius 3 is 2.30 bits per heavy atom. The van der Waals surface area contributed by atoms with Gasteiger partial charge in [-0.15, -0.1) is 5.10 Å². The van der Waals surface area contributed by atoms with Crippen LogP contribution in [0, 0.1) is 25.2 Å². The Hall–Kier alpha value is -2.35. The first-order valence-electron chi connectivity index (χ1n) is 6.82. The van der Waals surface area contributed by atoms with Crippen molar-refractivity contribution in [3.63, 3.8) is 0 Å². The Kier molecular flexibility index (Phi) is 4.04. The third-order valence-electron chi connectivity index (χ3n) is 3.45. The average Bonchev–Trinajstić information content (AvgIpc) is 2.78. The van der Waals surface area contributed by atoms with Gasteiger partial charge in [0.25, 0.3) is 0 Å². The maximum Gasteiger partial charge on any atom is 0.185 e. The number of nitrogens with zero attached hydrogens (tertiary/aromatic N) is 4. The summed E-state index contributed by atoms with van der Waals surface area (Å²) >= 11 is 0. The zero-order valence-corrected chi connectivity index (χ0v) is 12.4. The molecule has 104 valence electrons. The van der Waals surface area contributed by atoms with Crippen LogP contribution in [-0.2, 0) is 12.8 Å². The fourth-order valence-corrected chi connectivity index (χ4v) is 2.32. The molecule has 0 radical (unpaired) electrons. The monoisotopic (exact) mass is 269 g/mol. The molecule has 5 heteroatoms. The van der Waals surface area contributed by atoms with Crippen LogP contribution in [0.15, 0.2) is 12.1 Å². The van der Waals surface area contributed by atoms with Crippen LogP contribution < -0.4 is 5.43 Å². The maximum atomic E-state index is 9.45. The van der Waals surface area contributed by atoms with Crippen molar-refractivity contribution in [1.29, 1.82) is 5.26 Å². The molecule has 2 aromatic heterocycles. The third-order valence-corrected chi connectivity index (χ3v) is 3.45. The number of aryl methyl sites for hydroxylation is 3. The molecule has 0 aliphatic carbocycles. The van der Waals surface area contributed by atoms with Crippen molar-refractivity contribution in [1.82, 2.24) is 14.9 Å². The molecule has 0 atom stereocenters. The Labute approximate surface area is 119 Å². The van der Waals surface area contributed by atoms with Gasteiger partial charge in [-0.2, -0.15) is 10.4 Å². The predicted octanol–water partition coefficient (Wildman–Crippen LogP) is 2.77. The second kappa shape index (κ2) is 5.74. The fraction of sp³-hybridized carbons (Fsp3) is 0.400. The summed E-state index contributed by atoms with van der Waals surface area (Å²) in [6.45, 7) is 8.06. The number of aromatic nitrogens is 3. The van der Waals surface area contributed by atoms with Gasteiger partial charge in [-0.25, -0.2) is 0 Å². The van der Waals surface area contributed by atoms with Crippen LogP contribution in [0.3, 0.4) is 0 Å². The van der Waals surface area contributed by atoms with Crippen LogP contribution in [0.4, 0.5) is 5.82 Å². The molecular weight excluding hydrogens is 250 g/mol. The first-order chi connectivity index (χ1) is 9.62. The normalized spacial score (nSPS) is 10.3. The van der Waals surface area contributed by atoms with Crippen molar-refractivity contribution in [3.05, 3.63) is 40.3 Å². The molecule has 2 rings (SSSR count). The predicted molar refractivity (Wildman–Crippen MR) is 78.4 cm³/mol. The summed E-state index contributed by atoms with van der Waals surface area (Å²) in [5, 5.41) is 17.9. The molecule has 0 aliphatic rings. The van der Waals surface area contributed by atoms with Gasteiger partial charge in [0, 0.05) is 11.4 Å². The van der Waals surface area contributed by atoms with E-state index in [2.05, 4.69) is 21.7 Å². The number of hydrogen-bond acceptors (Lipinski definition) is 4. The minimum absolute atomic E-state index is 0.518. The lowest BCUT2D eigenvalue weighted by molar-refractivity contribution is 0.826. The number of hydrogen-bond donors (Lipinski definition) is 1. The standard InChI is InChI=1S/C15H19N5/c1-5-12-13(9-16)15(18-17-14(12)6-2)19-20-10(3)7-8-11(20)4/h7-8H,5-6H2,1-4H3,(H,18,19). The van der Waals surface area contributed by atoms with E-state index in [1.54, 1.807) is 0 Å². The molecule has 1 N–H and O–H groups in total. The summed E-state index contributed by atoms with van der Waals surface area (Å²) in [6.07, 6.45) is 1.56. The molecule has 0 saturated heterocycles. The summed E-state index contributed by atoms with van der Waals surface area (Å²) in [4.78, 5) is 0. The lowest BCUT2D eigenvalue weighted by atomic mass is 10.0. The summed E-state index contributed by atoms with van der Waals surface area (Å²) in [7, 11) is 0. The fourth-order valence-electron chi connectivity index (χ4n) is 2.32. The van der Waals surface area contributed by atoms with Gasteiger partial charge in [0.1, 0.15) is 11.6 Å². The molecule has 0 saturated carbocycles.